The van der Waals surface area contributed by atoms with Crippen LogP contribution < -0.4 is 14.4 Å². The van der Waals surface area contributed by atoms with Crippen molar-refractivity contribution in [3.63, 3.8) is 0 Å². The number of anilines is 1. The number of benzene rings is 3. The smallest absolute Gasteiger partial charge is 0.264 e. The first kappa shape index (κ1) is 32.6. The van der Waals surface area contributed by atoms with E-state index in [1.54, 1.807) is 31.4 Å². The van der Waals surface area contributed by atoms with E-state index in [1.807, 2.05) is 26.0 Å². The van der Waals surface area contributed by atoms with Crippen LogP contribution in [0.3, 0.4) is 0 Å². The number of sulfonamides is 1. The van der Waals surface area contributed by atoms with Crippen LogP contribution in [0.15, 0.2) is 71.6 Å². The minimum absolute atomic E-state index is 0.00900. The Balaban J connectivity index is 1.73. The van der Waals surface area contributed by atoms with Crippen molar-refractivity contribution >= 4 is 50.7 Å². The van der Waals surface area contributed by atoms with Gasteiger partial charge in [0.2, 0.25) is 11.8 Å². The van der Waals surface area contributed by atoms with E-state index in [4.69, 9.17) is 27.9 Å². The first-order valence-electron chi connectivity index (χ1n) is 14.3. The average Bonchev–Trinajstić information content (AvgIpc) is 3.48. The molecule has 0 bridgehead atoms. The van der Waals surface area contributed by atoms with E-state index in [-0.39, 0.29) is 39.1 Å². The summed E-state index contributed by atoms with van der Waals surface area (Å²) in [5.41, 5.74) is 1.79. The molecule has 3 aromatic rings. The summed E-state index contributed by atoms with van der Waals surface area (Å²) < 4.78 is 34.3. The number of halogens is 2. The van der Waals surface area contributed by atoms with Crippen LogP contribution in [-0.2, 0) is 26.2 Å². The van der Waals surface area contributed by atoms with E-state index >= 15 is 0 Å². The normalized spacial score (nSPS) is 14.3. The lowest BCUT2D eigenvalue weighted by atomic mass is 10.1. The summed E-state index contributed by atoms with van der Waals surface area (Å²) in [7, 11) is -2.67. The molecule has 4 rings (SSSR count). The second-order valence-electron chi connectivity index (χ2n) is 10.7. The van der Waals surface area contributed by atoms with Gasteiger partial charge in [-0.25, -0.2) is 8.42 Å². The second kappa shape index (κ2) is 14.5. The fourth-order valence-corrected chi connectivity index (χ4v) is 7.18. The van der Waals surface area contributed by atoms with Crippen LogP contribution in [0.2, 0.25) is 10.0 Å². The SMILES string of the molecule is CC[C@H](C(=O)NC1CCCC1)N(Cc1ccc(OC)cc1)C(=O)CN(c1cc(Cl)cc(Cl)c1)S(=O)(=O)c1ccc(C)cc1. The minimum atomic E-state index is -4.23. The molecule has 1 aliphatic rings. The molecule has 1 saturated carbocycles. The number of hydrogen-bond acceptors (Lipinski definition) is 5. The van der Waals surface area contributed by atoms with E-state index in [1.165, 1.54) is 35.2 Å². The van der Waals surface area contributed by atoms with Crippen LogP contribution in [-0.4, -0.2) is 50.9 Å². The molecular formula is C32H37Cl2N3O5S. The summed E-state index contributed by atoms with van der Waals surface area (Å²) in [6.45, 7) is 3.21. The van der Waals surface area contributed by atoms with Gasteiger partial charge in [-0.2, -0.15) is 0 Å². The Labute approximate surface area is 264 Å². The van der Waals surface area contributed by atoms with Crippen molar-refractivity contribution in [3.8, 4) is 5.75 Å². The Kier molecular flexibility index (Phi) is 11.0. The zero-order valence-corrected chi connectivity index (χ0v) is 26.9. The van der Waals surface area contributed by atoms with Gasteiger partial charge in [-0.05, 0) is 74.2 Å². The third kappa shape index (κ3) is 8.22. The third-order valence-corrected chi connectivity index (χ3v) is 9.85. The Morgan fingerprint density at radius 1 is 0.977 bits per heavy atom. The highest BCUT2D eigenvalue weighted by Crippen LogP contribution is 2.30. The van der Waals surface area contributed by atoms with Gasteiger partial charge < -0.3 is 15.0 Å². The first-order valence-corrected chi connectivity index (χ1v) is 16.5. The second-order valence-corrected chi connectivity index (χ2v) is 13.5. The van der Waals surface area contributed by atoms with E-state index < -0.39 is 28.5 Å². The summed E-state index contributed by atoms with van der Waals surface area (Å²) in [5, 5.41) is 3.55. The Hall–Kier alpha value is -3.27. The summed E-state index contributed by atoms with van der Waals surface area (Å²) in [6.07, 6.45) is 4.22. The standard InChI is InChI=1S/C32H37Cl2N3O5S/c1-4-30(32(39)35-26-7-5-6-8-26)36(20-23-11-13-28(42-3)14-12-23)31(38)21-37(27-18-24(33)17-25(34)19-27)43(40,41)29-15-9-22(2)10-16-29/h9-19,26,30H,4-8,20-21H2,1-3H3,(H,35,39)/t30-/m1/s1. The number of amides is 2. The number of hydrogen-bond donors (Lipinski definition) is 1. The molecule has 1 atom stereocenters. The number of nitrogens with zero attached hydrogens (tertiary/aromatic N) is 2. The third-order valence-electron chi connectivity index (χ3n) is 7.62. The van der Waals surface area contributed by atoms with Crippen molar-refractivity contribution in [3.05, 3.63) is 87.9 Å². The van der Waals surface area contributed by atoms with Gasteiger partial charge in [0.05, 0.1) is 17.7 Å². The van der Waals surface area contributed by atoms with Crippen molar-refractivity contribution in [2.75, 3.05) is 18.0 Å². The lowest BCUT2D eigenvalue weighted by Gasteiger charge is -2.34. The van der Waals surface area contributed by atoms with Crippen molar-refractivity contribution in [2.24, 2.45) is 0 Å². The van der Waals surface area contributed by atoms with E-state index in [2.05, 4.69) is 5.32 Å². The van der Waals surface area contributed by atoms with Crippen LogP contribution in [0.1, 0.15) is 50.2 Å². The predicted octanol–water partition coefficient (Wildman–Crippen LogP) is 6.37. The van der Waals surface area contributed by atoms with E-state index in [0.29, 0.717) is 12.2 Å². The molecule has 0 heterocycles. The molecule has 8 nitrogen and oxygen atoms in total. The molecule has 3 aromatic carbocycles. The summed E-state index contributed by atoms with van der Waals surface area (Å²) in [5.74, 6) is -0.146. The molecule has 0 aliphatic heterocycles. The molecule has 0 spiro atoms. The molecule has 0 saturated heterocycles. The molecule has 1 N–H and O–H groups in total. The van der Waals surface area contributed by atoms with Crippen LogP contribution in [0, 0.1) is 6.92 Å². The van der Waals surface area contributed by atoms with Crippen LogP contribution in [0.5, 0.6) is 5.75 Å². The van der Waals surface area contributed by atoms with Gasteiger partial charge in [-0.3, -0.25) is 13.9 Å². The first-order chi connectivity index (χ1) is 20.5. The molecule has 0 aromatic heterocycles. The minimum Gasteiger partial charge on any atom is -0.497 e. The largest absolute Gasteiger partial charge is 0.497 e. The number of carbonyl (C=O) groups is 2. The van der Waals surface area contributed by atoms with Crippen LogP contribution >= 0.6 is 23.2 Å². The number of aryl methyl sites for hydroxylation is 1. The molecule has 11 heteroatoms. The maximum absolute atomic E-state index is 14.2. The van der Waals surface area contributed by atoms with Gasteiger partial charge in [0.25, 0.3) is 10.0 Å². The summed E-state index contributed by atoms with van der Waals surface area (Å²) in [6, 6.07) is 17.2. The van der Waals surface area contributed by atoms with Crippen LogP contribution in [0.25, 0.3) is 0 Å². The highest BCUT2D eigenvalue weighted by Gasteiger charge is 2.34. The highest BCUT2D eigenvalue weighted by atomic mass is 35.5. The Bertz CT molecular complexity index is 1510. The molecule has 0 unspecified atom stereocenters. The zero-order valence-electron chi connectivity index (χ0n) is 24.6. The summed E-state index contributed by atoms with van der Waals surface area (Å²) in [4.78, 5) is 29.3. The number of carbonyl (C=O) groups excluding carboxylic acids is 2. The fourth-order valence-electron chi connectivity index (χ4n) is 5.26. The van der Waals surface area contributed by atoms with Gasteiger partial charge in [0, 0.05) is 22.6 Å². The molecule has 230 valence electrons. The van der Waals surface area contributed by atoms with Crippen LogP contribution in [0.4, 0.5) is 5.69 Å². The zero-order chi connectivity index (χ0) is 31.1. The van der Waals surface area contributed by atoms with Gasteiger partial charge in [-0.15, -0.1) is 0 Å². The van der Waals surface area contributed by atoms with Crippen molar-refractivity contribution in [1.29, 1.82) is 0 Å². The Morgan fingerprint density at radius 3 is 2.14 bits per heavy atom. The number of ether oxygens (including phenoxy) is 1. The van der Waals surface area contributed by atoms with E-state index in [0.717, 1.165) is 41.1 Å². The number of nitrogens with one attached hydrogen (secondary N) is 1. The monoisotopic (exact) mass is 645 g/mol. The van der Waals surface area contributed by atoms with Crippen molar-refractivity contribution in [1.82, 2.24) is 10.2 Å². The lowest BCUT2D eigenvalue weighted by molar-refractivity contribution is -0.140. The highest BCUT2D eigenvalue weighted by molar-refractivity contribution is 7.92. The van der Waals surface area contributed by atoms with Crippen molar-refractivity contribution in [2.45, 2.75) is 69.5 Å². The molecule has 0 radical (unpaired) electrons. The number of rotatable bonds is 12. The van der Waals surface area contributed by atoms with Gasteiger partial charge >= 0.3 is 0 Å². The van der Waals surface area contributed by atoms with Gasteiger partial charge in [0.15, 0.2) is 0 Å². The van der Waals surface area contributed by atoms with Crippen molar-refractivity contribution < 1.29 is 22.7 Å². The lowest BCUT2D eigenvalue weighted by Crippen LogP contribution is -2.53. The average molecular weight is 647 g/mol. The summed E-state index contributed by atoms with van der Waals surface area (Å²) >= 11 is 12.5. The predicted molar refractivity (Wildman–Crippen MR) is 170 cm³/mol. The number of methoxy groups -OCH3 is 1. The molecule has 1 fully saturated rings. The van der Waals surface area contributed by atoms with Gasteiger partial charge in [-0.1, -0.05) is 72.8 Å². The Morgan fingerprint density at radius 2 is 1.58 bits per heavy atom. The fraction of sp³-hybridized carbons (Fsp3) is 0.375. The molecular weight excluding hydrogens is 609 g/mol. The maximum atomic E-state index is 14.2. The quantitative estimate of drug-likeness (QED) is 0.247. The topological polar surface area (TPSA) is 96.0 Å². The molecule has 2 amide bonds. The maximum Gasteiger partial charge on any atom is 0.264 e. The van der Waals surface area contributed by atoms with E-state index in [9.17, 15) is 18.0 Å². The molecule has 43 heavy (non-hydrogen) atoms. The molecule has 1 aliphatic carbocycles. The van der Waals surface area contributed by atoms with Gasteiger partial charge in [0.1, 0.15) is 18.3 Å².